The third-order valence-corrected chi connectivity index (χ3v) is 5.48. The number of carbonyl (C=O) groups excluding carboxylic acids is 1. The maximum atomic E-state index is 13.2. The van der Waals surface area contributed by atoms with Crippen LogP contribution in [-0.4, -0.2) is 27.1 Å². The molecule has 1 aliphatic heterocycles. The number of carbonyl (C=O) groups is 1. The van der Waals surface area contributed by atoms with Crippen LogP contribution in [0.1, 0.15) is 45.7 Å². The van der Waals surface area contributed by atoms with Gasteiger partial charge in [0, 0.05) is 5.56 Å². The van der Waals surface area contributed by atoms with E-state index in [-0.39, 0.29) is 22.3 Å². The summed E-state index contributed by atoms with van der Waals surface area (Å²) in [5, 5.41) is 11.5. The van der Waals surface area contributed by atoms with Crippen molar-refractivity contribution in [2.75, 3.05) is 0 Å². The predicted molar refractivity (Wildman–Crippen MR) is 113 cm³/mol. The molecular formula is C22H23Cl2NO3. The van der Waals surface area contributed by atoms with E-state index < -0.39 is 11.2 Å². The van der Waals surface area contributed by atoms with E-state index in [1.165, 1.54) is 0 Å². The summed E-state index contributed by atoms with van der Waals surface area (Å²) in [6.45, 7) is 8.96. The lowest BCUT2D eigenvalue weighted by molar-refractivity contribution is -0.158. The van der Waals surface area contributed by atoms with Crippen molar-refractivity contribution in [3.05, 3.63) is 57.5 Å². The van der Waals surface area contributed by atoms with Crippen molar-refractivity contribution >= 4 is 34.6 Å². The quantitative estimate of drug-likeness (QED) is 0.615. The van der Waals surface area contributed by atoms with Gasteiger partial charge in [0.15, 0.2) is 5.78 Å². The number of halogens is 2. The topological polar surface area (TPSA) is 59.4 Å². The number of nitrogens with zero attached hydrogens (tertiary/aromatic N) is 1. The Balaban J connectivity index is 2.27. The van der Waals surface area contributed by atoms with Gasteiger partial charge in [-0.05, 0) is 69.0 Å². The van der Waals surface area contributed by atoms with E-state index in [1.54, 1.807) is 39.8 Å². The molecule has 2 aromatic rings. The molecule has 0 saturated carbocycles. The molecule has 0 radical (unpaired) electrons. The number of hydrogen-bond donors (Lipinski definition) is 1. The summed E-state index contributed by atoms with van der Waals surface area (Å²) in [5.41, 5.74) is 1.38. The zero-order valence-corrected chi connectivity index (χ0v) is 18.1. The number of Topliss-reactive ketones (excluding diaryl/α,β-unsaturated/α-hetero) is 1. The monoisotopic (exact) mass is 419 g/mol. The molecule has 0 atom stereocenters. The number of ketones is 1. The molecule has 0 fully saturated rings. The third kappa shape index (κ3) is 3.57. The highest BCUT2D eigenvalue weighted by atomic mass is 35.5. The summed E-state index contributed by atoms with van der Waals surface area (Å²) < 4.78 is 5.85. The van der Waals surface area contributed by atoms with E-state index in [4.69, 9.17) is 27.9 Å². The fourth-order valence-corrected chi connectivity index (χ4v) is 4.06. The van der Waals surface area contributed by atoms with E-state index in [9.17, 15) is 9.90 Å². The molecule has 1 N–H and O–H groups in total. The summed E-state index contributed by atoms with van der Waals surface area (Å²) in [4.78, 5) is 17.3. The summed E-state index contributed by atoms with van der Waals surface area (Å²) in [5.74, 6) is -0.319. The molecule has 0 amide bonds. The number of rotatable bonds is 3. The number of benzene rings is 1. The maximum absolute atomic E-state index is 13.2. The Morgan fingerprint density at radius 2 is 1.71 bits per heavy atom. The Morgan fingerprint density at radius 3 is 2.32 bits per heavy atom. The first-order chi connectivity index (χ1) is 13.0. The summed E-state index contributed by atoms with van der Waals surface area (Å²) >= 11 is 12.2. The van der Waals surface area contributed by atoms with Gasteiger partial charge in [0.25, 0.3) is 0 Å². The van der Waals surface area contributed by atoms with Gasteiger partial charge in [0.2, 0.25) is 0 Å². The summed E-state index contributed by atoms with van der Waals surface area (Å²) in [6.07, 6.45) is 0.702. The summed E-state index contributed by atoms with van der Waals surface area (Å²) in [7, 11) is 0. The minimum Gasteiger partial charge on any atom is -0.508 e. The van der Waals surface area contributed by atoms with Gasteiger partial charge in [0.05, 0.1) is 5.57 Å². The Bertz CT molecular complexity index is 993. The smallest absolute Gasteiger partial charge is 0.198 e. The predicted octanol–water partition coefficient (Wildman–Crippen LogP) is 6.04. The van der Waals surface area contributed by atoms with Crippen molar-refractivity contribution in [1.82, 2.24) is 4.98 Å². The lowest BCUT2D eigenvalue weighted by Gasteiger charge is -2.40. The van der Waals surface area contributed by atoms with Crippen LogP contribution in [0.5, 0.6) is 0 Å². The van der Waals surface area contributed by atoms with Crippen molar-refractivity contribution in [2.24, 2.45) is 0 Å². The molecule has 0 unspecified atom stereocenters. The minimum atomic E-state index is -1.05. The van der Waals surface area contributed by atoms with Gasteiger partial charge in [-0.25, -0.2) is 4.98 Å². The first-order valence-electron chi connectivity index (χ1n) is 9.12. The van der Waals surface area contributed by atoms with Crippen LogP contribution in [0, 0.1) is 0 Å². The Hall–Kier alpha value is -1.88. The first-order valence-corrected chi connectivity index (χ1v) is 9.88. The van der Waals surface area contributed by atoms with Crippen LogP contribution in [0.4, 0.5) is 0 Å². The zero-order chi connectivity index (χ0) is 20.9. The number of pyridine rings is 1. The van der Waals surface area contributed by atoms with Crippen molar-refractivity contribution in [3.8, 4) is 11.1 Å². The molecule has 6 heteroatoms. The molecule has 1 aromatic carbocycles. The van der Waals surface area contributed by atoms with Gasteiger partial charge in [-0.1, -0.05) is 42.3 Å². The maximum Gasteiger partial charge on any atom is 0.198 e. The second-order valence-electron chi connectivity index (χ2n) is 7.87. The van der Waals surface area contributed by atoms with Crippen LogP contribution in [-0.2, 0) is 16.0 Å². The molecule has 0 spiro atoms. The highest BCUT2D eigenvalue weighted by molar-refractivity contribution is 6.34. The third-order valence-electron chi connectivity index (χ3n) is 4.98. The lowest BCUT2D eigenvalue weighted by atomic mass is 9.80. The molecule has 3 rings (SSSR count). The van der Waals surface area contributed by atoms with E-state index in [0.29, 0.717) is 22.7 Å². The molecule has 2 heterocycles. The number of hydrogen-bond acceptors (Lipinski definition) is 4. The fourth-order valence-electron chi connectivity index (χ4n) is 3.60. The molecular weight excluding hydrogens is 397 g/mol. The number of aliphatic hydroxyl groups excluding tert-OH is 1. The van der Waals surface area contributed by atoms with E-state index in [0.717, 1.165) is 11.1 Å². The Labute approximate surface area is 175 Å². The average Bonchev–Trinajstić information content (AvgIpc) is 2.60. The van der Waals surface area contributed by atoms with Gasteiger partial charge in [-0.2, -0.15) is 0 Å². The van der Waals surface area contributed by atoms with Crippen LogP contribution in [0.3, 0.4) is 0 Å². The number of aliphatic hydroxyl groups is 1. The molecule has 0 aliphatic carbocycles. The standard InChI is InChI=1S/C22H23Cl2NO3/c1-6-12-7-8-13(14-9-10-16(23)25-20(14)24)11-15(12)17-18(26)21(2,3)28-22(4,5)19(17)27/h7-11,26H,6H2,1-5H3. The van der Waals surface area contributed by atoms with Crippen LogP contribution in [0.25, 0.3) is 16.7 Å². The normalized spacial score (nSPS) is 18.5. The van der Waals surface area contributed by atoms with Crippen LogP contribution in [0.2, 0.25) is 10.3 Å². The Morgan fingerprint density at radius 1 is 1.04 bits per heavy atom. The molecule has 0 bridgehead atoms. The molecule has 1 aliphatic rings. The minimum absolute atomic E-state index is 0.0657. The highest BCUT2D eigenvalue weighted by Gasteiger charge is 2.47. The van der Waals surface area contributed by atoms with Gasteiger partial charge >= 0.3 is 0 Å². The van der Waals surface area contributed by atoms with Gasteiger partial charge in [-0.3, -0.25) is 4.79 Å². The van der Waals surface area contributed by atoms with Gasteiger partial charge in [0.1, 0.15) is 27.3 Å². The largest absolute Gasteiger partial charge is 0.508 e. The van der Waals surface area contributed by atoms with Crippen molar-refractivity contribution in [1.29, 1.82) is 0 Å². The second kappa shape index (κ2) is 7.18. The Kier molecular flexibility index (Phi) is 5.34. The molecule has 1 aromatic heterocycles. The number of aryl methyl sites for hydroxylation is 1. The zero-order valence-electron chi connectivity index (χ0n) is 16.6. The van der Waals surface area contributed by atoms with E-state index >= 15 is 0 Å². The van der Waals surface area contributed by atoms with E-state index in [2.05, 4.69) is 4.98 Å². The van der Waals surface area contributed by atoms with Crippen LogP contribution in [0.15, 0.2) is 36.1 Å². The van der Waals surface area contributed by atoms with Crippen molar-refractivity contribution < 1.29 is 14.6 Å². The SMILES string of the molecule is CCc1ccc(-c2ccc(Cl)nc2Cl)cc1C1=C(O)C(C)(C)OC(C)(C)C1=O. The first kappa shape index (κ1) is 20.8. The molecule has 28 heavy (non-hydrogen) atoms. The average molecular weight is 420 g/mol. The molecule has 148 valence electrons. The molecule has 4 nitrogen and oxygen atoms in total. The van der Waals surface area contributed by atoms with Crippen LogP contribution < -0.4 is 0 Å². The summed E-state index contributed by atoms with van der Waals surface area (Å²) in [6, 6.07) is 9.20. The van der Waals surface area contributed by atoms with E-state index in [1.807, 2.05) is 25.1 Å². The fraction of sp³-hybridized carbons (Fsp3) is 0.364. The van der Waals surface area contributed by atoms with Crippen molar-refractivity contribution in [2.45, 2.75) is 52.2 Å². The number of ether oxygens (including phenoxy) is 1. The van der Waals surface area contributed by atoms with Gasteiger partial charge in [-0.15, -0.1) is 0 Å². The van der Waals surface area contributed by atoms with Crippen molar-refractivity contribution in [3.63, 3.8) is 0 Å². The number of aromatic nitrogens is 1. The second-order valence-corrected chi connectivity index (χ2v) is 8.62. The van der Waals surface area contributed by atoms with Gasteiger partial charge < -0.3 is 9.84 Å². The highest BCUT2D eigenvalue weighted by Crippen LogP contribution is 2.42. The molecule has 0 saturated heterocycles. The lowest BCUT2D eigenvalue weighted by Crippen LogP contribution is -2.49. The van der Waals surface area contributed by atoms with Crippen LogP contribution >= 0.6 is 23.2 Å².